The number of carbonyl (C=O) groups excluding carboxylic acids is 1. The van der Waals surface area contributed by atoms with Crippen molar-refractivity contribution in [3.63, 3.8) is 0 Å². The zero-order chi connectivity index (χ0) is 18.2. The van der Waals surface area contributed by atoms with Gasteiger partial charge < -0.3 is 19.5 Å². The van der Waals surface area contributed by atoms with E-state index in [-0.39, 0.29) is 5.91 Å². The second kappa shape index (κ2) is 9.30. The van der Waals surface area contributed by atoms with Crippen LogP contribution in [0.4, 0.5) is 5.69 Å². The molecule has 0 bridgehead atoms. The van der Waals surface area contributed by atoms with Crippen LogP contribution in [0, 0.1) is 6.92 Å². The van der Waals surface area contributed by atoms with Gasteiger partial charge in [0.05, 0.1) is 6.61 Å². The standard InChI is InChI=1S/C19H22ClNO4/c1-13-12-15(20)4-9-18(13)25-14(2)19(22)21-16-5-7-17(8-6-16)24-11-10-23-3/h4-9,12,14H,10-11H2,1-3H3,(H,21,22). The summed E-state index contributed by atoms with van der Waals surface area (Å²) in [5, 5.41) is 3.45. The largest absolute Gasteiger partial charge is 0.491 e. The summed E-state index contributed by atoms with van der Waals surface area (Å²) in [5.74, 6) is 1.12. The van der Waals surface area contributed by atoms with Crippen LogP contribution >= 0.6 is 11.6 Å². The van der Waals surface area contributed by atoms with Crippen molar-refractivity contribution in [2.45, 2.75) is 20.0 Å². The Balaban J connectivity index is 1.89. The molecule has 0 aliphatic rings. The molecule has 0 aromatic heterocycles. The van der Waals surface area contributed by atoms with Gasteiger partial charge in [0.25, 0.3) is 5.91 Å². The van der Waals surface area contributed by atoms with E-state index in [1.807, 2.05) is 6.92 Å². The monoisotopic (exact) mass is 363 g/mol. The summed E-state index contributed by atoms with van der Waals surface area (Å²) in [4.78, 5) is 12.3. The molecule has 2 rings (SSSR count). The molecular formula is C19H22ClNO4. The predicted molar refractivity (Wildman–Crippen MR) is 98.7 cm³/mol. The quantitative estimate of drug-likeness (QED) is 0.718. The van der Waals surface area contributed by atoms with Crippen molar-refractivity contribution < 1.29 is 19.0 Å². The van der Waals surface area contributed by atoms with Gasteiger partial charge in [-0.25, -0.2) is 0 Å². The summed E-state index contributed by atoms with van der Waals surface area (Å²) in [6.07, 6.45) is -0.641. The lowest BCUT2D eigenvalue weighted by Gasteiger charge is -2.16. The van der Waals surface area contributed by atoms with E-state index in [9.17, 15) is 4.79 Å². The minimum atomic E-state index is -0.641. The van der Waals surface area contributed by atoms with E-state index in [1.165, 1.54) is 0 Å². The Kier molecular flexibility index (Phi) is 7.10. The molecule has 0 radical (unpaired) electrons. The first-order chi connectivity index (χ1) is 12.0. The van der Waals surface area contributed by atoms with Crippen LogP contribution in [0.1, 0.15) is 12.5 Å². The highest BCUT2D eigenvalue weighted by Gasteiger charge is 2.16. The van der Waals surface area contributed by atoms with Crippen LogP contribution in [0.3, 0.4) is 0 Å². The molecule has 0 saturated carbocycles. The number of ether oxygens (including phenoxy) is 3. The van der Waals surface area contributed by atoms with Gasteiger partial charge in [0.1, 0.15) is 18.1 Å². The molecule has 0 saturated heterocycles. The summed E-state index contributed by atoms with van der Waals surface area (Å²) < 4.78 is 16.1. The molecular weight excluding hydrogens is 342 g/mol. The first kappa shape index (κ1) is 19.1. The number of halogens is 1. The van der Waals surface area contributed by atoms with E-state index in [4.69, 9.17) is 25.8 Å². The number of amides is 1. The number of rotatable bonds is 8. The zero-order valence-electron chi connectivity index (χ0n) is 14.5. The van der Waals surface area contributed by atoms with Crippen molar-refractivity contribution in [3.8, 4) is 11.5 Å². The molecule has 1 amide bonds. The van der Waals surface area contributed by atoms with Gasteiger partial charge in [-0.15, -0.1) is 0 Å². The van der Waals surface area contributed by atoms with Gasteiger partial charge in [-0.2, -0.15) is 0 Å². The smallest absolute Gasteiger partial charge is 0.265 e. The Morgan fingerprint density at radius 1 is 1.16 bits per heavy atom. The third-order valence-corrected chi connectivity index (χ3v) is 3.72. The number of hydrogen-bond acceptors (Lipinski definition) is 4. The Morgan fingerprint density at radius 2 is 1.88 bits per heavy atom. The molecule has 0 aliphatic heterocycles. The van der Waals surface area contributed by atoms with Crippen LogP contribution in [0.2, 0.25) is 5.02 Å². The van der Waals surface area contributed by atoms with Crippen LogP contribution in [-0.2, 0) is 9.53 Å². The molecule has 25 heavy (non-hydrogen) atoms. The second-order valence-corrected chi connectivity index (χ2v) is 5.96. The first-order valence-corrected chi connectivity index (χ1v) is 8.33. The fourth-order valence-electron chi connectivity index (χ4n) is 2.11. The van der Waals surface area contributed by atoms with E-state index in [1.54, 1.807) is 56.5 Å². The van der Waals surface area contributed by atoms with Gasteiger partial charge in [0.15, 0.2) is 6.10 Å². The number of methoxy groups -OCH3 is 1. The van der Waals surface area contributed by atoms with Crippen LogP contribution in [0.15, 0.2) is 42.5 Å². The maximum absolute atomic E-state index is 12.3. The summed E-state index contributed by atoms with van der Waals surface area (Å²) in [6.45, 7) is 4.59. The van der Waals surface area contributed by atoms with Gasteiger partial charge in [0, 0.05) is 17.8 Å². The Morgan fingerprint density at radius 3 is 2.52 bits per heavy atom. The van der Waals surface area contributed by atoms with Gasteiger partial charge in [-0.1, -0.05) is 11.6 Å². The molecule has 1 unspecified atom stereocenters. The van der Waals surface area contributed by atoms with Crippen molar-refractivity contribution in [1.82, 2.24) is 0 Å². The average molecular weight is 364 g/mol. The number of aryl methyl sites for hydroxylation is 1. The molecule has 5 nitrogen and oxygen atoms in total. The van der Waals surface area contributed by atoms with Gasteiger partial charge in [0.2, 0.25) is 0 Å². The van der Waals surface area contributed by atoms with Gasteiger partial charge in [-0.05, 0) is 61.9 Å². The highest BCUT2D eigenvalue weighted by atomic mass is 35.5. The molecule has 0 heterocycles. The summed E-state index contributed by atoms with van der Waals surface area (Å²) in [6, 6.07) is 12.4. The van der Waals surface area contributed by atoms with E-state index in [2.05, 4.69) is 5.32 Å². The minimum absolute atomic E-state index is 0.234. The van der Waals surface area contributed by atoms with Crippen molar-refractivity contribution >= 4 is 23.2 Å². The Hall–Kier alpha value is -2.24. The van der Waals surface area contributed by atoms with Crippen molar-refractivity contribution in [1.29, 1.82) is 0 Å². The SMILES string of the molecule is COCCOc1ccc(NC(=O)C(C)Oc2ccc(Cl)cc2C)cc1. The number of benzene rings is 2. The average Bonchev–Trinajstić information content (AvgIpc) is 2.59. The van der Waals surface area contributed by atoms with Crippen molar-refractivity contribution in [2.24, 2.45) is 0 Å². The molecule has 134 valence electrons. The van der Waals surface area contributed by atoms with E-state index < -0.39 is 6.10 Å². The van der Waals surface area contributed by atoms with E-state index >= 15 is 0 Å². The van der Waals surface area contributed by atoms with Crippen molar-refractivity contribution in [3.05, 3.63) is 53.1 Å². The lowest BCUT2D eigenvalue weighted by molar-refractivity contribution is -0.122. The molecule has 1 atom stereocenters. The maximum Gasteiger partial charge on any atom is 0.265 e. The van der Waals surface area contributed by atoms with Gasteiger partial charge >= 0.3 is 0 Å². The fraction of sp³-hybridized carbons (Fsp3) is 0.316. The third kappa shape index (κ3) is 5.96. The van der Waals surface area contributed by atoms with Crippen LogP contribution in [-0.4, -0.2) is 32.3 Å². The first-order valence-electron chi connectivity index (χ1n) is 7.95. The predicted octanol–water partition coefficient (Wildman–Crippen LogP) is 4.08. The summed E-state index contributed by atoms with van der Waals surface area (Å²) in [7, 11) is 1.62. The normalized spacial score (nSPS) is 11.7. The van der Waals surface area contributed by atoms with Crippen LogP contribution < -0.4 is 14.8 Å². The topological polar surface area (TPSA) is 56.8 Å². The lowest BCUT2D eigenvalue weighted by atomic mass is 10.2. The third-order valence-electron chi connectivity index (χ3n) is 3.49. The van der Waals surface area contributed by atoms with Crippen LogP contribution in [0.5, 0.6) is 11.5 Å². The number of hydrogen-bond donors (Lipinski definition) is 1. The highest BCUT2D eigenvalue weighted by molar-refractivity contribution is 6.30. The maximum atomic E-state index is 12.3. The Labute approximate surface area is 152 Å². The second-order valence-electron chi connectivity index (χ2n) is 5.52. The molecule has 0 aliphatic carbocycles. The summed E-state index contributed by atoms with van der Waals surface area (Å²) in [5.41, 5.74) is 1.55. The number of carbonyl (C=O) groups is 1. The van der Waals surface area contributed by atoms with E-state index in [0.29, 0.717) is 29.7 Å². The lowest BCUT2D eigenvalue weighted by Crippen LogP contribution is -2.30. The zero-order valence-corrected chi connectivity index (χ0v) is 15.3. The van der Waals surface area contributed by atoms with Crippen molar-refractivity contribution in [2.75, 3.05) is 25.6 Å². The van der Waals surface area contributed by atoms with Crippen LogP contribution in [0.25, 0.3) is 0 Å². The molecule has 6 heteroatoms. The molecule has 0 spiro atoms. The number of anilines is 1. The Bertz CT molecular complexity index is 703. The molecule has 1 N–H and O–H groups in total. The molecule has 2 aromatic carbocycles. The highest BCUT2D eigenvalue weighted by Crippen LogP contribution is 2.23. The molecule has 2 aromatic rings. The van der Waals surface area contributed by atoms with E-state index in [0.717, 1.165) is 11.3 Å². The summed E-state index contributed by atoms with van der Waals surface area (Å²) >= 11 is 5.92. The number of nitrogens with one attached hydrogen (secondary N) is 1. The molecule has 0 fully saturated rings. The minimum Gasteiger partial charge on any atom is -0.491 e. The fourth-order valence-corrected chi connectivity index (χ4v) is 2.34. The van der Waals surface area contributed by atoms with Gasteiger partial charge in [-0.3, -0.25) is 4.79 Å².